The van der Waals surface area contributed by atoms with Gasteiger partial charge in [0.15, 0.2) is 11.5 Å². The van der Waals surface area contributed by atoms with Crippen LogP contribution in [0.3, 0.4) is 0 Å². The van der Waals surface area contributed by atoms with Gasteiger partial charge >= 0.3 is 0 Å². The van der Waals surface area contributed by atoms with Crippen LogP contribution in [0, 0.1) is 0 Å². The lowest BCUT2D eigenvalue weighted by Crippen LogP contribution is -2.48. The van der Waals surface area contributed by atoms with Gasteiger partial charge in [0.05, 0.1) is 20.6 Å². The highest BCUT2D eigenvalue weighted by molar-refractivity contribution is 7.07. The smallest absolute Gasteiger partial charge is 0.227 e. The highest BCUT2D eigenvalue weighted by atomic mass is 32.1. The Kier molecular flexibility index (Phi) is 5.94. The number of benzene rings is 1. The number of piperazine rings is 1. The van der Waals surface area contributed by atoms with Crippen molar-refractivity contribution in [1.29, 1.82) is 0 Å². The number of rotatable bonds is 6. The summed E-state index contributed by atoms with van der Waals surface area (Å²) < 4.78 is 10.6. The van der Waals surface area contributed by atoms with E-state index in [1.54, 1.807) is 25.6 Å². The molecule has 0 unspecified atom stereocenters. The van der Waals surface area contributed by atoms with Crippen molar-refractivity contribution in [3.05, 3.63) is 46.2 Å². The van der Waals surface area contributed by atoms with E-state index < -0.39 is 0 Å². The SMILES string of the molecule is COc1ccc(CC(=O)N2CCN(Cc3ccsc3)CC2)cc1OC. The van der Waals surface area contributed by atoms with E-state index >= 15 is 0 Å². The molecule has 1 aromatic carbocycles. The van der Waals surface area contributed by atoms with Crippen LogP contribution < -0.4 is 9.47 Å². The van der Waals surface area contributed by atoms with E-state index in [9.17, 15) is 4.79 Å². The van der Waals surface area contributed by atoms with Crippen molar-refractivity contribution >= 4 is 17.2 Å². The molecular formula is C19H24N2O3S. The van der Waals surface area contributed by atoms with Gasteiger partial charge in [0.1, 0.15) is 0 Å². The molecule has 0 atom stereocenters. The Bertz CT molecular complexity index is 695. The molecule has 25 heavy (non-hydrogen) atoms. The van der Waals surface area contributed by atoms with Crippen molar-refractivity contribution in [3.8, 4) is 11.5 Å². The maximum absolute atomic E-state index is 12.6. The number of thiophene rings is 1. The number of ether oxygens (including phenoxy) is 2. The third kappa shape index (κ3) is 4.52. The Morgan fingerprint density at radius 1 is 1.04 bits per heavy atom. The van der Waals surface area contributed by atoms with E-state index in [1.165, 1.54) is 5.56 Å². The highest BCUT2D eigenvalue weighted by Gasteiger charge is 2.21. The zero-order valence-corrected chi connectivity index (χ0v) is 15.6. The van der Waals surface area contributed by atoms with Gasteiger partial charge in [0, 0.05) is 32.7 Å². The molecular weight excluding hydrogens is 336 g/mol. The first-order chi connectivity index (χ1) is 12.2. The second-order valence-electron chi connectivity index (χ2n) is 6.15. The van der Waals surface area contributed by atoms with Gasteiger partial charge in [-0.05, 0) is 40.1 Å². The molecule has 134 valence electrons. The molecule has 0 radical (unpaired) electrons. The third-order valence-corrected chi connectivity index (χ3v) is 5.25. The lowest BCUT2D eigenvalue weighted by Gasteiger charge is -2.34. The lowest BCUT2D eigenvalue weighted by atomic mass is 10.1. The van der Waals surface area contributed by atoms with Crippen LogP contribution in [-0.2, 0) is 17.8 Å². The molecule has 0 N–H and O–H groups in total. The summed E-state index contributed by atoms with van der Waals surface area (Å²) in [7, 11) is 3.22. The molecule has 1 saturated heterocycles. The Morgan fingerprint density at radius 3 is 2.44 bits per heavy atom. The summed E-state index contributed by atoms with van der Waals surface area (Å²) in [6.07, 6.45) is 0.394. The van der Waals surface area contributed by atoms with Gasteiger partial charge in [0.2, 0.25) is 5.91 Å². The van der Waals surface area contributed by atoms with E-state index in [-0.39, 0.29) is 5.91 Å². The molecule has 2 heterocycles. The van der Waals surface area contributed by atoms with Crippen LogP contribution in [0.15, 0.2) is 35.0 Å². The quantitative estimate of drug-likeness (QED) is 0.794. The van der Waals surface area contributed by atoms with Gasteiger partial charge < -0.3 is 14.4 Å². The number of carbonyl (C=O) groups is 1. The summed E-state index contributed by atoms with van der Waals surface area (Å²) in [5.41, 5.74) is 2.30. The van der Waals surface area contributed by atoms with Crippen molar-refractivity contribution in [2.45, 2.75) is 13.0 Å². The van der Waals surface area contributed by atoms with Gasteiger partial charge in [-0.25, -0.2) is 0 Å². The average Bonchev–Trinajstić information content (AvgIpc) is 3.15. The Labute approximate surface area is 152 Å². The fraction of sp³-hybridized carbons (Fsp3) is 0.421. The fourth-order valence-corrected chi connectivity index (χ4v) is 3.73. The molecule has 3 rings (SSSR count). The third-order valence-electron chi connectivity index (χ3n) is 4.51. The van der Waals surface area contributed by atoms with E-state index in [2.05, 4.69) is 21.7 Å². The first-order valence-corrected chi connectivity index (χ1v) is 9.36. The van der Waals surface area contributed by atoms with Crippen molar-refractivity contribution in [1.82, 2.24) is 9.80 Å². The Morgan fingerprint density at radius 2 is 1.80 bits per heavy atom. The second kappa shape index (κ2) is 8.36. The Hall–Kier alpha value is -2.05. The van der Waals surface area contributed by atoms with Crippen LogP contribution in [0.5, 0.6) is 11.5 Å². The predicted octanol–water partition coefficient (Wildman–Crippen LogP) is 2.65. The number of nitrogens with zero attached hydrogens (tertiary/aromatic N) is 2. The average molecular weight is 360 g/mol. The van der Waals surface area contributed by atoms with Gasteiger partial charge in [0.25, 0.3) is 0 Å². The number of carbonyl (C=O) groups excluding carboxylic acids is 1. The molecule has 0 bridgehead atoms. The first-order valence-electron chi connectivity index (χ1n) is 8.41. The molecule has 1 aliphatic rings. The maximum atomic E-state index is 12.6. The Balaban J connectivity index is 1.52. The molecule has 0 spiro atoms. The summed E-state index contributed by atoms with van der Waals surface area (Å²) in [6, 6.07) is 7.81. The minimum atomic E-state index is 0.169. The molecule has 1 fully saturated rings. The molecule has 1 aromatic heterocycles. The summed E-state index contributed by atoms with van der Waals surface area (Å²) in [6.45, 7) is 4.40. The summed E-state index contributed by atoms with van der Waals surface area (Å²) in [5, 5.41) is 4.30. The standard InChI is InChI=1S/C19H24N2O3S/c1-23-17-4-3-15(11-18(17)24-2)12-19(22)21-8-6-20(7-9-21)13-16-5-10-25-14-16/h3-5,10-11,14H,6-9,12-13H2,1-2H3. The molecule has 2 aromatic rings. The molecule has 0 aliphatic carbocycles. The van der Waals surface area contributed by atoms with Crippen LogP contribution in [0.4, 0.5) is 0 Å². The number of hydrogen-bond donors (Lipinski definition) is 0. The fourth-order valence-electron chi connectivity index (χ4n) is 3.07. The summed E-state index contributed by atoms with van der Waals surface area (Å²) in [4.78, 5) is 16.9. The van der Waals surface area contributed by atoms with Gasteiger partial charge in [-0.15, -0.1) is 0 Å². The van der Waals surface area contributed by atoms with E-state index in [0.717, 1.165) is 38.3 Å². The zero-order chi connectivity index (χ0) is 17.6. The van der Waals surface area contributed by atoms with Crippen molar-refractivity contribution in [3.63, 3.8) is 0 Å². The molecule has 5 nitrogen and oxygen atoms in total. The first kappa shape index (κ1) is 17.8. The monoisotopic (exact) mass is 360 g/mol. The minimum absolute atomic E-state index is 0.169. The van der Waals surface area contributed by atoms with Crippen molar-refractivity contribution in [2.75, 3.05) is 40.4 Å². The minimum Gasteiger partial charge on any atom is -0.493 e. The van der Waals surface area contributed by atoms with Crippen LogP contribution in [0.1, 0.15) is 11.1 Å². The number of hydrogen-bond acceptors (Lipinski definition) is 5. The van der Waals surface area contributed by atoms with Crippen LogP contribution in [0.2, 0.25) is 0 Å². The summed E-state index contributed by atoms with van der Waals surface area (Å²) >= 11 is 1.73. The maximum Gasteiger partial charge on any atom is 0.227 e. The van der Waals surface area contributed by atoms with E-state index in [4.69, 9.17) is 9.47 Å². The normalized spacial score (nSPS) is 15.2. The van der Waals surface area contributed by atoms with Crippen molar-refractivity contribution in [2.24, 2.45) is 0 Å². The number of amides is 1. The largest absolute Gasteiger partial charge is 0.493 e. The second-order valence-corrected chi connectivity index (χ2v) is 6.93. The van der Waals surface area contributed by atoms with Gasteiger partial charge in [-0.1, -0.05) is 6.07 Å². The summed E-state index contributed by atoms with van der Waals surface area (Å²) in [5.74, 6) is 1.51. The topological polar surface area (TPSA) is 42.0 Å². The predicted molar refractivity (Wildman–Crippen MR) is 99.4 cm³/mol. The zero-order valence-electron chi connectivity index (χ0n) is 14.7. The highest BCUT2D eigenvalue weighted by Crippen LogP contribution is 2.27. The van der Waals surface area contributed by atoms with Gasteiger partial charge in [-0.2, -0.15) is 11.3 Å². The molecule has 1 amide bonds. The van der Waals surface area contributed by atoms with Crippen LogP contribution in [-0.4, -0.2) is 56.1 Å². The molecule has 6 heteroatoms. The molecule has 1 aliphatic heterocycles. The number of methoxy groups -OCH3 is 2. The molecule has 0 saturated carbocycles. The van der Waals surface area contributed by atoms with Gasteiger partial charge in [-0.3, -0.25) is 9.69 Å². The lowest BCUT2D eigenvalue weighted by molar-refractivity contribution is -0.132. The van der Waals surface area contributed by atoms with Crippen LogP contribution in [0.25, 0.3) is 0 Å². The van der Waals surface area contributed by atoms with Crippen LogP contribution >= 0.6 is 11.3 Å². The van der Waals surface area contributed by atoms with E-state index in [0.29, 0.717) is 17.9 Å². The van der Waals surface area contributed by atoms with E-state index in [1.807, 2.05) is 23.1 Å². The van der Waals surface area contributed by atoms with Crippen molar-refractivity contribution < 1.29 is 14.3 Å².